The summed E-state index contributed by atoms with van der Waals surface area (Å²) in [7, 11) is 6.32. The van der Waals surface area contributed by atoms with E-state index in [1.807, 2.05) is 38.1 Å². The molecule has 2 atom stereocenters. The van der Waals surface area contributed by atoms with Gasteiger partial charge in [0.25, 0.3) is 0 Å². The van der Waals surface area contributed by atoms with Gasteiger partial charge in [0.2, 0.25) is 0 Å². The smallest absolute Gasteiger partial charge is 0.150 e. The molecule has 2 aromatic carbocycles. The maximum absolute atomic E-state index is 13.5. The number of hydrogen-bond acceptors (Lipinski definition) is 5. The maximum Gasteiger partial charge on any atom is 0.150 e. The number of rotatable bonds is 10. The number of halogens is 2. The van der Waals surface area contributed by atoms with Gasteiger partial charge in [0.1, 0.15) is 28.8 Å². The van der Waals surface area contributed by atoms with Crippen LogP contribution in [0.1, 0.15) is 34.1 Å². The lowest BCUT2D eigenvalue weighted by molar-refractivity contribution is -0.121. The first-order valence-electron chi connectivity index (χ1n) is 9.47. The molecule has 0 aliphatic carbocycles. The molecule has 2 rings (SSSR count). The van der Waals surface area contributed by atoms with E-state index < -0.39 is 11.8 Å². The van der Waals surface area contributed by atoms with Crippen molar-refractivity contribution in [3.8, 4) is 23.0 Å². The summed E-state index contributed by atoms with van der Waals surface area (Å²) in [6, 6.07) is 7.30. The molecule has 0 aliphatic heterocycles. The van der Waals surface area contributed by atoms with Crippen LogP contribution in [0.2, 0.25) is 0 Å². The molecule has 0 saturated heterocycles. The van der Waals surface area contributed by atoms with Crippen molar-refractivity contribution in [1.29, 1.82) is 0 Å². The highest BCUT2D eigenvalue weighted by Crippen LogP contribution is 2.38. The molecule has 30 heavy (non-hydrogen) atoms. The topological polar surface area (TPSA) is 54.0 Å². The zero-order valence-corrected chi connectivity index (χ0v) is 19.7. The summed E-state index contributed by atoms with van der Waals surface area (Å²) in [5.41, 5.74) is 3.14. The molecule has 0 amide bonds. The van der Waals surface area contributed by atoms with E-state index in [9.17, 15) is 4.79 Å². The van der Waals surface area contributed by atoms with Crippen LogP contribution in [0.15, 0.2) is 24.3 Å². The molecule has 0 saturated carbocycles. The standard InChI is InChI=1S/C23H28Cl2O5/c1-13-19(27-3)7-15(8-20(13)28-4)17(11-24)23(26)18(12-25)16-9-21(29-5)14(2)22(10-16)30-6/h7-10,17-18H,11-12H2,1-6H3. The molecule has 164 valence electrons. The van der Waals surface area contributed by atoms with Crippen molar-refractivity contribution in [2.75, 3.05) is 40.2 Å². The number of benzene rings is 2. The third-order valence-corrected chi connectivity index (χ3v) is 5.97. The SMILES string of the molecule is COc1cc(C(CCl)C(=O)C(CCl)c2cc(OC)c(C)c(OC)c2)cc(OC)c1C. The predicted octanol–water partition coefficient (Wildman–Crippen LogP) is 5.25. The summed E-state index contributed by atoms with van der Waals surface area (Å²) >= 11 is 12.5. The Bertz CT molecular complexity index is 776. The quantitative estimate of drug-likeness (QED) is 0.458. The first kappa shape index (κ1) is 24.2. The van der Waals surface area contributed by atoms with E-state index in [0.29, 0.717) is 23.0 Å². The van der Waals surface area contributed by atoms with Gasteiger partial charge in [0, 0.05) is 22.9 Å². The van der Waals surface area contributed by atoms with E-state index in [-0.39, 0.29) is 17.5 Å². The largest absolute Gasteiger partial charge is 0.496 e. The van der Waals surface area contributed by atoms with Crippen LogP contribution >= 0.6 is 23.2 Å². The summed E-state index contributed by atoms with van der Waals surface area (Å²) in [6.45, 7) is 3.79. The van der Waals surface area contributed by atoms with Crippen LogP contribution in [0.4, 0.5) is 0 Å². The lowest BCUT2D eigenvalue weighted by Crippen LogP contribution is -2.23. The first-order valence-corrected chi connectivity index (χ1v) is 10.5. The zero-order chi connectivity index (χ0) is 22.4. The molecule has 2 aromatic rings. The molecular formula is C23H28Cl2O5. The minimum absolute atomic E-state index is 0.0964. The van der Waals surface area contributed by atoms with E-state index in [4.69, 9.17) is 42.1 Å². The number of Topliss-reactive ketones (excluding diaryl/α,β-unsaturated/α-hetero) is 1. The Kier molecular flexibility index (Phi) is 8.68. The summed E-state index contributed by atoms with van der Waals surface area (Å²) in [4.78, 5) is 13.5. The Labute approximate surface area is 188 Å². The van der Waals surface area contributed by atoms with E-state index in [1.54, 1.807) is 28.4 Å². The fraction of sp³-hybridized carbons (Fsp3) is 0.435. The second-order valence-electron chi connectivity index (χ2n) is 6.92. The lowest BCUT2D eigenvalue weighted by Gasteiger charge is -2.23. The molecule has 0 bridgehead atoms. The average molecular weight is 455 g/mol. The van der Waals surface area contributed by atoms with E-state index in [2.05, 4.69) is 0 Å². The first-order chi connectivity index (χ1) is 14.4. The van der Waals surface area contributed by atoms with Gasteiger partial charge in [-0.1, -0.05) is 0 Å². The number of hydrogen-bond donors (Lipinski definition) is 0. The van der Waals surface area contributed by atoms with Crippen LogP contribution in [0.5, 0.6) is 23.0 Å². The Morgan fingerprint density at radius 2 is 0.967 bits per heavy atom. The molecule has 0 heterocycles. The van der Waals surface area contributed by atoms with Gasteiger partial charge in [0.15, 0.2) is 0 Å². The molecule has 2 unspecified atom stereocenters. The van der Waals surface area contributed by atoms with Gasteiger partial charge >= 0.3 is 0 Å². The van der Waals surface area contributed by atoms with Crippen LogP contribution in [-0.4, -0.2) is 46.0 Å². The fourth-order valence-electron chi connectivity index (χ4n) is 3.52. The van der Waals surface area contributed by atoms with Crippen molar-refractivity contribution < 1.29 is 23.7 Å². The van der Waals surface area contributed by atoms with Gasteiger partial charge in [-0.15, -0.1) is 23.2 Å². The van der Waals surface area contributed by atoms with Crippen LogP contribution in [-0.2, 0) is 4.79 Å². The molecule has 0 spiro atoms. The van der Waals surface area contributed by atoms with Crippen molar-refractivity contribution in [1.82, 2.24) is 0 Å². The lowest BCUT2D eigenvalue weighted by atomic mass is 9.84. The minimum Gasteiger partial charge on any atom is -0.496 e. The minimum atomic E-state index is -0.586. The Balaban J connectivity index is 2.53. The van der Waals surface area contributed by atoms with Gasteiger partial charge in [-0.3, -0.25) is 4.79 Å². The second kappa shape index (κ2) is 10.8. The highest BCUT2D eigenvalue weighted by Gasteiger charge is 2.30. The Hall–Kier alpha value is -2.11. The second-order valence-corrected chi connectivity index (χ2v) is 7.53. The van der Waals surface area contributed by atoms with Crippen LogP contribution < -0.4 is 18.9 Å². The molecule has 0 radical (unpaired) electrons. The number of methoxy groups -OCH3 is 4. The third-order valence-electron chi connectivity index (χ3n) is 5.35. The monoisotopic (exact) mass is 454 g/mol. The van der Waals surface area contributed by atoms with Crippen LogP contribution in [0, 0.1) is 13.8 Å². The summed E-state index contributed by atoms with van der Waals surface area (Å²) in [5, 5.41) is 0. The molecule has 0 fully saturated rings. The van der Waals surface area contributed by atoms with Crippen molar-refractivity contribution in [3.05, 3.63) is 46.5 Å². The average Bonchev–Trinajstić information content (AvgIpc) is 2.76. The maximum atomic E-state index is 13.5. The number of carbonyl (C=O) groups excluding carboxylic acids is 1. The molecular weight excluding hydrogens is 427 g/mol. The highest BCUT2D eigenvalue weighted by molar-refractivity contribution is 6.22. The van der Waals surface area contributed by atoms with E-state index in [1.165, 1.54) is 0 Å². The molecule has 0 aliphatic rings. The van der Waals surface area contributed by atoms with Crippen molar-refractivity contribution in [2.45, 2.75) is 25.7 Å². The van der Waals surface area contributed by atoms with Gasteiger partial charge < -0.3 is 18.9 Å². The number of ether oxygens (including phenoxy) is 4. The number of carbonyl (C=O) groups is 1. The van der Waals surface area contributed by atoms with Gasteiger partial charge in [-0.05, 0) is 49.2 Å². The molecule has 5 nitrogen and oxygen atoms in total. The summed E-state index contributed by atoms with van der Waals surface area (Å²) in [6.07, 6.45) is 0. The Morgan fingerprint density at radius 3 is 1.17 bits per heavy atom. The van der Waals surface area contributed by atoms with Crippen LogP contribution in [0.3, 0.4) is 0 Å². The van der Waals surface area contributed by atoms with Gasteiger partial charge in [-0.25, -0.2) is 0 Å². The summed E-state index contributed by atoms with van der Waals surface area (Å²) in [5.74, 6) is 1.46. The normalized spacial score (nSPS) is 12.8. The molecule has 0 N–H and O–H groups in total. The molecule has 7 heteroatoms. The zero-order valence-electron chi connectivity index (χ0n) is 18.2. The number of alkyl halides is 2. The van der Waals surface area contributed by atoms with Gasteiger partial charge in [-0.2, -0.15) is 0 Å². The highest BCUT2D eigenvalue weighted by atomic mass is 35.5. The number of ketones is 1. The van der Waals surface area contributed by atoms with E-state index >= 15 is 0 Å². The summed E-state index contributed by atoms with van der Waals surface area (Å²) < 4.78 is 21.8. The predicted molar refractivity (Wildman–Crippen MR) is 120 cm³/mol. The molecule has 0 aromatic heterocycles. The van der Waals surface area contributed by atoms with Crippen LogP contribution in [0.25, 0.3) is 0 Å². The van der Waals surface area contributed by atoms with Crippen molar-refractivity contribution in [3.63, 3.8) is 0 Å². The van der Waals surface area contributed by atoms with Crippen molar-refractivity contribution >= 4 is 29.0 Å². The van der Waals surface area contributed by atoms with Gasteiger partial charge in [0.05, 0.1) is 40.3 Å². The van der Waals surface area contributed by atoms with E-state index in [0.717, 1.165) is 22.3 Å². The Morgan fingerprint density at radius 1 is 0.700 bits per heavy atom. The van der Waals surface area contributed by atoms with Crippen molar-refractivity contribution in [2.24, 2.45) is 0 Å². The fourth-order valence-corrected chi connectivity index (χ4v) is 4.18. The third kappa shape index (κ3) is 4.79.